The molecule has 0 unspecified atom stereocenters. The van der Waals surface area contributed by atoms with Crippen LogP contribution in [-0.4, -0.2) is 12.1 Å². The highest BCUT2D eigenvalue weighted by Gasteiger charge is 2.42. The fourth-order valence-electron chi connectivity index (χ4n) is 2.30. The van der Waals surface area contributed by atoms with Crippen LogP contribution in [0.2, 0.25) is 0 Å². The van der Waals surface area contributed by atoms with Gasteiger partial charge in [0.2, 0.25) is 0 Å². The topological polar surface area (TPSA) is 26.3 Å². The maximum absolute atomic E-state index is 11.4. The Morgan fingerprint density at radius 1 is 1.64 bits per heavy atom. The molecule has 1 aliphatic carbocycles. The van der Waals surface area contributed by atoms with Crippen LogP contribution in [0.25, 0.3) is 0 Å². The summed E-state index contributed by atoms with van der Waals surface area (Å²) in [6, 6.07) is 0. The molecular formula is C11H15ClO2. The molecule has 2 nitrogen and oxygen atoms in total. The molecule has 3 heteroatoms. The third kappa shape index (κ3) is 1.68. The van der Waals surface area contributed by atoms with Crippen molar-refractivity contribution in [2.45, 2.75) is 38.7 Å². The molecule has 3 rings (SSSR count). The van der Waals surface area contributed by atoms with E-state index in [-0.39, 0.29) is 18.0 Å². The second-order valence-corrected chi connectivity index (χ2v) is 4.58. The summed E-state index contributed by atoms with van der Waals surface area (Å²) in [6.07, 6.45) is 6.16. The van der Waals surface area contributed by atoms with Crippen LogP contribution in [-0.2, 0) is 9.53 Å². The number of esters is 1. The molecule has 0 N–H and O–H groups in total. The Morgan fingerprint density at radius 2 is 2.43 bits per heavy atom. The number of unbranched alkanes of at least 4 members (excludes halogenated alkanes) is 1. The van der Waals surface area contributed by atoms with Crippen molar-refractivity contribution >= 4 is 17.6 Å². The van der Waals surface area contributed by atoms with E-state index in [0.717, 1.165) is 17.9 Å². The van der Waals surface area contributed by atoms with Gasteiger partial charge in [-0.05, 0) is 18.8 Å². The SMILES string of the molecule is CCCC[C@H]1C[C@@H]2OC(=O)[C@H]1C=C2Cl. The summed E-state index contributed by atoms with van der Waals surface area (Å²) in [5, 5.41) is 0.724. The van der Waals surface area contributed by atoms with Gasteiger partial charge >= 0.3 is 5.97 Å². The van der Waals surface area contributed by atoms with Gasteiger partial charge in [-0.25, -0.2) is 0 Å². The zero-order valence-electron chi connectivity index (χ0n) is 8.33. The quantitative estimate of drug-likeness (QED) is 0.676. The Morgan fingerprint density at radius 3 is 3.07 bits per heavy atom. The number of halogens is 1. The van der Waals surface area contributed by atoms with Crippen molar-refractivity contribution in [2.75, 3.05) is 0 Å². The van der Waals surface area contributed by atoms with E-state index in [2.05, 4.69) is 6.92 Å². The lowest BCUT2D eigenvalue weighted by Crippen LogP contribution is -2.41. The first kappa shape index (κ1) is 10.0. The third-order valence-corrected chi connectivity index (χ3v) is 3.50. The molecule has 1 saturated heterocycles. The van der Waals surface area contributed by atoms with Crippen molar-refractivity contribution < 1.29 is 9.53 Å². The van der Waals surface area contributed by atoms with Crippen LogP contribution in [0.1, 0.15) is 32.6 Å². The van der Waals surface area contributed by atoms with Gasteiger partial charge in [-0.1, -0.05) is 37.4 Å². The molecule has 0 amide bonds. The second kappa shape index (κ2) is 3.93. The molecule has 0 radical (unpaired) electrons. The Labute approximate surface area is 89.3 Å². The lowest BCUT2D eigenvalue weighted by molar-refractivity contribution is -0.161. The van der Waals surface area contributed by atoms with Gasteiger partial charge in [0.05, 0.1) is 11.0 Å². The van der Waals surface area contributed by atoms with Gasteiger partial charge in [0, 0.05) is 0 Å². The largest absolute Gasteiger partial charge is 0.456 e. The van der Waals surface area contributed by atoms with E-state index in [9.17, 15) is 4.79 Å². The highest BCUT2D eigenvalue weighted by molar-refractivity contribution is 6.30. The van der Waals surface area contributed by atoms with Crippen molar-refractivity contribution in [3.63, 3.8) is 0 Å². The molecule has 3 atom stereocenters. The fourth-order valence-corrected chi connectivity index (χ4v) is 2.57. The monoisotopic (exact) mass is 214 g/mol. The number of carbonyl (C=O) groups is 1. The van der Waals surface area contributed by atoms with E-state index in [1.807, 2.05) is 6.08 Å². The van der Waals surface area contributed by atoms with Crippen LogP contribution in [0.3, 0.4) is 0 Å². The van der Waals surface area contributed by atoms with Crippen LogP contribution in [0, 0.1) is 11.8 Å². The van der Waals surface area contributed by atoms with Crippen molar-refractivity contribution in [2.24, 2.45) is 11.8 Å². The van der Waals surface area contributed by atoms with Gasteiger partial charge in [0.25, 0.3) is 0 Å². The van der Waals surface area contributed by atoms with Crippen LogP contribution < -0.4 is 0 Å². The Hall–Kier alpha value is -0.500. The van der Waals surface area contributed by atoms with Crippen LogP contribution in [0.5, 0.6) is 0 Å². The van der Waals surface area contributed by atoms with E-state index in [4.69, 9.17) is 16.3 Å². The molecule has 14 heavy (non-hydrogen) atoms. The normalized spacial score (nSPS) is 35.4. The first-order valence-electron chi connectivity index (χ1n) is 5.30. The number of carbonyl (C=O) groups excluding carboxylic acids is 1. The Bertz CT molecular complexity index is 272. The number of hydrogen-bond acceptors (Lipinski definition) is 2. The minimum atomic E-state index is -0.143. The Kier molecular flexibility index (Phi) is 2.82. The van der Waals surface area contributed by atoms with Crippen LogP contribution in [0.15, 0.2) is 11.1 Å². The Balaban J connectivity index is 2.07. The first-order valence-corrected chi connectivity index (χ1v) is 5.68. The molecular weight excluding hydrogens is 200 g/mol. The summed E-state index contributed by atoms with van der Waals surface area (Å²) >= 11 is 5.96. The molecule has 78 valence electrons. The van der Waals surface area contributed by atoms with Gasteiger partial charge < -0.3 is 4.74 Å². The van der Waals surface area contributed by atoms with E-state index in [1.165, 1.54) is 12.8 Å². The van der Waals surface area contributed by atoms with Crippen LogP contribution >= 0.6 is 11.6 Å². The summed E-state index contributed by atoms with van der Waals surface area (Å²) in [5.74, 6) is 0.314. The smallest absolute Gasteiger partial charge is 0.313 e. The molecule has 0 aromatic heterocycles. The summed E-state index contributed by atoms with van der Waals surface area (Å²) in [6.45, 7) is 2.17. The van der Waals surface area contributed by atoms with Crippen molar-refractivity contribution in [1.29, 1.82) is 0 Å². The van der Waals surface area contributed by atoms with Crippen molar-refractivity contribution in [3.05, 3.63) is 11.1 Å². The van der Waals surface area contributed by atoms with Crippen LogP contribution in [0.4, 0.5) is 0 Å². The lowest BCUT2D eigenvalue weighted by Gasteiger charge is -2.38. The van der Waals surface area contributed by atoms with E-state index in [0.29, 0.717) is 5.92 Å². The third-order valence-electron chi connectivity index (χ3n) is 3.13. The summed E-state index contributed by atoms with van der Waals surface area (Å²) in [4.78, 5) is 11.4. The summed E-state index contributed by atoms with van der Waals surface area (Å²) in [7, 11) is 0. The van der Waals surface area contributed by atoms with Crippen molar-refractivity contribution in [1.82, 2.24) is 0 Å². The zero-order chi connectivity index (χ0) is 10.1. The molecule has 1 fully saturated rings. The highest BCUT2D eigenvalue weighted by Crippen LogP contribution is 2.41. The van der Waals surface area contributed by atoms with Gasteiger partial charge in [0.15, 0.2) is 0 Å². The molecule has 0 spiro atoms. The van der Waals surface area contributed by atoms with Gasteiger partial charge in [-0.15, -0.1) is 0 Å². The maximum Gasteiger partial charge on any atom is 0.313 e. The number of ether oxygens (including phenoxy) is 1. The molecule has 0 saturated carbocycles. The first-order chi connectivity index (χ1) is 6.72. The average molecular weight is 215 g/mol. The van der Waals surface area contributed by atoms with E-state index < -0.39 is 0 Å². The molecule has 2 aliphatic heterocycles. The standard InChI is InChI=1S/C11H15ClO2/c1-2-3-4-7-5-10-9(12)6-8(7)11(13)14-10/h6-8,10H,2-5H2,1H3/t7-,8-,10-/m0/s1. The molecule has 2 heterocycles. The van der Waals surface area contributed by atoms with Crippen molar-refractivity contribution in [3.8, 4) is 0 Å². The molecule has 0 aromatic carbocycles. The van der Waals surface area contributed by atoms with Gasteiger partial charge in [0.1, 0.15) is 6.10 Å². The highest BCUT2D eigenvalue weighted by atomic mass is 35.5. The minimum absolute atomic E-state index is 0.0703. The number of hydrogen-bond donors (Lipinski definition) is 0. The van der Waals surface area contributed by atoms with Gasteiger partial charge in [-0.2, -0.15) is 0 Å². The molecule has 0 aromatic rings. The van der Waals surface area contributed by atoms with E-state index >= 15 is 0 Å². The van der Waals surface area contributed by atoms with Gasteiger partial charge in [-0.3, -0.25) is 4.79 Å². The summed E-state index contributed by atoms with van der Waals surface area (Å²) in [5.41, 5.74) is 0. The fraction of sp³-hybridized carbons (Fsp3) is 0.727. The van der Waals surface area contributed by atoms with E-state index in [1.54, 1.807) is 0 Å². The number of fused-ring (bicyclic) bond motifs is 2. The second-order valence-electron chi connectivity index (χ2n) is 4.14. The maximum atomic E-state index is 11.4. The predicted octanol–water partition coefficient (Wildman–Crippen LogP) is 2.86. The lowest BCUT2D eigenvalue weighted by atomic mass is 9.77. The molecule has 3 aliphatic rings. The summed E-state index contributed by atoms with van der Waals surface area (Å²) < 4.78 is 5.17. The minimum Gasteiger partial charge on any atom is -0.456 e. The predicted molar refractivity (Wildman–Crippen MR) is 54.9 cm³/mol. The molecule has 2 bridgehead atoms. The average Bonchev–Trinajstić information content (AvgIpc) is 2.17. The zero-order valence-corrected chi connectivity index (χ0v) is 9.09. The number of rotatable bonds is 3.